The summed E-state index contributed by atoms with van der Waals surface area (Å²) in [5, 5.41) is 0.455. The molecule has 0 unspecified atom stereocenters. The van der Waals surface area contributed by atoms with Crippen LogP contribution in [-0.4, -0.2) is 24.6 Å². The number of nitrogens with one attached hydrogen (secondary N) is 2. The van der Waals surface area contributed by atoms with Crippen LogP contribution in [0.5, 0.6) is 0 Å². The van der Waals surface area contributed by atoms with Crippen LogP contribution < -0.4 is 10.9 Å². The topological polar surface area (TPSA) is 44.4 Å². The van der Waals surface area contributed by atoms with Crippen molar-refractivity contribution in [3.8, 4) is 0 Å². The first kappa shape index (κ1) is 7.68. The number of rotatable bonds is 2. The number of hydrogen-bond acceptors (Lipinski definition) is 3. The average molecular weight is 138 g/mol. The smallest absolute Gasteiger partial charge is 0.252 e. The Morgan fingerprint density at radius 1 is 1.50 bits per heavy atom. The molecule has 0 aliphatic carbocycles. The van der Waals surface area contributed by atoms with Crippen LogP contribution in [0.1, 0.15) is 0 Å². The highest BCUT2D eigenvalue weighted by molar-refractivity contribution is 6.62. The van der Waals surface area contributed by atoms with Crippen molar-refractivity contribution in [2.75, 3.05) is 14.1 Å². The molecule has 0 heterocycles. The van der Waals surface area contributed by atoms with Gasteiger partial charge in [-0.2, -0.15) is 5.12 Å². The van der Waals surface area contributed by atoms with Crippen molar-refractivity contribution in [2.24, 2.45) is 0 Å². The summed E-state index contributed by atoms with van der Waals surface area (Å²) in [6.45, 7) is 0. The van der Waals surface area contributed by atoms with Gasteiger partial charge in [0.25, 0.3) is 0 Å². The summed E-state index contributed by atoms with van der Waals surface area (Å²) in [4.78, 5) is 10.2. The van der Waals surface area contributed by atoms with E-state index in [2.05, 4.69) is 10.9 Å². The van der Waals surface area contributed by atoms with E-state index in [9.17, 15) is 4.79 Å². The van der Waals surface area contributed by atoms with Crippen LogP contribution >= 0.6 is 11.6 Å². The first-order valence-corrected chi connectivity index (χ1v) is 2.44. The lowest BCUT2D eigenvalue weighted by molar-refractivity contribution is 0.173. The Bertz CT molecular complexity index is 82.6. The Hall–Kier alpha value is -0.320. The van der Waals surface area contributed by atoms with Gasteiger partial charge in [-0.15, -0.1) is 0 Å². The summed E-state index contributed by atoms with van der Waals surface area (Å²) in [5.74, 6) is 0. The van der Waals surface area contributed by atoms with Crippen LogP contribution in [0.2, 0.25) is 0 Å². The van der Waals surface area contributed by atoms with Crippen molar-refractivity contribution >= 4 is 17.0 Å². The summed E-state index contributed by atoms with van der Waals surface area (Å²) in [6.07, 6.45) is 0. The normalized spacial score (nSPS) is 8.88. The van der Waals surface area contributed by atoms with E-state index < -0.39 is 5.37 Å². The van der Waals surface area contributed by atoms with Crippen molar-refractivity contribution in [3.63, 3.8) is 0 Å². The van der Waals surface area contributed by atoms with Crippen molar-refractivity contribution in [2.45, 2.75) is 0 Å². The zero-order valence-corrected chi connectivity index (χ0v) is 5.49. The van der Waals surface area contributed by atoms with E-state index in [4.69, 9.17) is 11.6 Å². The molecule has 0 atom stereocenters. The lowest BCUT2D eigenvalue weighted by Crippen LogP contribution is -2.45. The molecule has 0 aromatic rings. The van der Waals surface area contributed by atoms with Crippen molar-refractivity contribution in [3.05, 3.63) is 0 Å². The number of hydrogen-bond donors (Lipinski definition) is 2. The Kier molecular flexibility index (Phi) is 3.51. The molecule has 0 aromatic carbocycles. The lowest BCUT2D eigenvalue weighted by Gasteiger charge is -2.14. The number of carbonyl (C=O) groups excluding carboxylic acids is 1. The van der Waals surface area contributed by atoms with Crippen LogP contribution in [0.3, 0.4) is 0 Å². The molecule has 4 nitrogen and oxygen atoms in total. The summed E-state index contributed by atoms with van der Waals surface area (Å²) < 4.78 is 0. The van der Waals surface area contributed by atoms with E-state index in [1.54, 1.807) is 14.1 Å². The summed E-state index contributed by atoms with van der Waals surface area (Å²) >= 11 is 5.01. The molecular formula is C3H8ClN3O. The van der Waals surface area contributed by atoms with Gasteiger partial charge in [0.1, 0.15) is 0 Å². The second kappa shape index (κ2) is 3.65. The van der Waals surface area contributed by atoms with Gasteiger partial charge in [-0.3, -0.25) is 4.79 Å². The molecule has 1 amide bonds. The Morgan fingerprint density at radius 3 is 1.88 bits per heavy atom. The molecule has 0 saturated carbocycles. The van der Waals surface area contributed by atoms with E-state index in [0.29, 0.717) is 0 Å². The molecular weight excluding hydrogens is 130 g/mol. The first-order valence-electron chi connectivity index (χ1n) is 2.06. The van der Waals surface area contributed by atoms with E-state index >= 15 is 0 Å². The highest BCUT2D eigenvalue weighted by atomic mass is 35.5. The number of carbonyl (C=O) groups is 1. The zero-order valence-electron chi connectivity index (χ0n) is 4.73. The highest BCUT2D eigenvalue weighted by Crippen LogP contribution is 1.83. The summed E-state index contributed by atoms with van der Waals surface area (Å²) in [7, 11) is 3.16. The fourth-order valence-corrected chi connectivity index (χ4v) is 0.457. The van der Waals surface area contributed by atoms with Crippen molar-refractivity contribution in [1.82, 2.24) is 16.0 Å². The molecule has 48 valence electrons. The third-order valence-electron chi connectivity index (χ3n) is 0.623. The zero-order chi connectivity index (χ0) is 6.57. The first-order chi connectivity index (χ1) is 3.72. The Balaban J connectivity index is 3.52. The van der Waals surface area contributed by atoms with Gasteiger partial charge in [-0.05, 0) is 11.6 Å². The molecule has 0 bridgehead atoms. The number of hydrazine groups is 2. The van der Waals surface area contributed by atoms with Crippen LogP contribution in [0.25, 0.3) is 0 Å². The molecule has 0 radical (unpaired) electrons. The Morgan fingerprint density at radius 2 is 1.88 bits per heavy atom. The summed E-state index contributed by atoms with van der Waals surface area (Å²) in [5.41, 5.74) is 4.98. The quantitative estimate of drug-likeness (QED) is 0.318. The van der Waals surface area contributed by atoms with Crippen molar-refractivity contribution < 1.29 is 4.79 Å². The van der Waals surface area contributed by atoms with Gasteiger partial charge in [-0.25, -0.2) is 10.9 Å². The van der Waals surface area contributed by atoms with E-state index in [0.717, 1.165) is 5.12 Å². The molecule has 0 fully saturated rings. The fourth-order valence-electron chi connectivity index (χ4n) is 0.288. The largest absolute Gasteiger partial charge is 0.345 e. The number of amides is 1. The van der Waals surface area contributed by atoms with E-state index in [1.165, 1.54) is 0 Å². The van der Waals surface area contributed by atoms with Crippen molar-refractivity contribution in [1.29, 1.82) is 0 Å². The lowest BCUT2D eigenvalue weighted by atomic mass is 11.2. The van der Waals surface area contributed by atoms with Crippen LogP contribution in [0.15, 0.2) is 0 Å². The maximum Gasteiger partial charge on any atom is 0.345 e. The van der Waals surface area contributed by atoms with Gasteiger partial charge >= 0.3 is 5.37 Å². The minimum Gasteiger partial charge on any atom is -0.252 e. The maximum absolute atomic E-state index is 10.2. The molecule has 0 aliphatic heterocycles. The molecule has 5 heteroatoms. The van der Waals surface area contributed by atoms with E-state index in [-0.39, 0.29) is 0 Å². The SMILES string of the molecule is CNN(NC)C(=O)Cl. The molecule has 0 aliphatic rings. The predicted molar refractivity (Wildman–Crippen MR) is 31.2 cm³/mol. The molecule has 0 spiro atoms. The molecule has 0 rings (SSSR count). The average Bonchev–Trinajstić information content (AvgIpc) is 1.69. The van der Waals surface area contributed by atoms with Gasteiger partial charge in [0.2, 0.25) is 0 Å². The van der Waals surface area contributed by atoms with Gasteiger partial charge in [0.05, 0.1) is 0 Å². The minimum atomic E-state index is -0.588. The second-order valence-corrected chi connectivity index (χ2v) is 1.36. The van der Waals surface area contributed by atoms with Gasteiger partial charge < -0.3 is 0 Å². The standard InChI is InChI=1S/C3H8ClN3O/c1-5-7(6-2)3(4)8/h5-6H,1-2H3. The predicted octanol–water partition coefficient (Wildman–Crippen LogP) is -0.0840. The van der Waals surface area contributed by atoms with Crippen LogP contribution in [-0.2, 0) is 0 Å². The monoisotopic (exact) mass is 137 g/mol. The molecule has 0 saturated heterocycles. The van der Waals surface area contributed by atoms with Gasteiger partial charge in [-0.1, -0.05) is 0 Å². The minimum absolute atomic E-state index is 0.588. The molecule has 2 N–H and O–H groups in total. The molecule has 8 heavy (non-hydrogen) atoms. The third kappa shape index (κ3) is 2.11. The van der Waals surface area contributed by atoms with Crippen LogP contribution in [0.4, 0.5) is 4.79 Å². The Labute approximate surface area is 52.7 Å². The van der Waals surface area contributed by atoms with Gasteiger partial charge in [0.15, 0.2) is 0 Å². The third-order valence-corrected chi connectivity index (χ3v) is 0.792. The molecule has 0 aromatic heterocycles. The van der Waals surface area contributed by atoms with Crippen LogP contribution in [0, 0.1) is 0 Å². The number of halogens is 1. The van der Waals surface area contributed by atoms with Gasteiger partial charge in [0, 0.05) is 14.1 Å². The highest BCUT2D eigenvalue weighted by Gasteiger charge is 2.01. The summed E-state index contributed by atoms with van der Waals surface area (Å²) in [6, 6.07) is 0. The second-order valence-electron chi connectivity index (χ2n) is 1.04. The maximum atomic E-state index is 10.2. The number of nitrogens with zero attached hydrogens (tertiary/aromatic N) is 1. The van der Waals surface area contributed by atoms with E-state index in [1.807, 2.05) is 0 Å². The fraction of sp³-hybridized carbons (Fsp3) is 0.667.